The van der Waals surface area contributed by atoms with Crippen molar-refractivity contribution in [3.63, 3.8) is 0 Å². The zero-order chi connectivity index (χ0) is 26.0. The van der Waals surface area contributed by atoms with Crippen molar-refractivity contribution in [2.45, 2.75) is 70.8 Å². The van der Waals surface area contributed by atoms with Gasteiger partial charge < -0.3 is 19.3 Å². The van der Waals surface area contributed by atoms with Crippen molar-refractivity contribution in [2.75, 3.05) is 13.2 Å². The van der Waals surface area contributed by atoms with E-state index in [-0.39, 0.29) is 18.0 Å². The van der Waals surface area contributed by atoms with Gasteiger partial charge in [0.05, 0.1) is 13.2 Å². The molecule has 5 nitrogen and oxygen atoms in total. The maximum Gasteiger partial charge on any atom is 0.339 e. The third-order valence-electron chi connectivity index (χ3n) is 6.24. The van der Waals surface area contributed by atoms with Gasteiger partial charge in [0, 0.05) is 0 Å². The second kappa shape index (κ2) is 19.0. The monoisotopic (exact) mass is 540 g/mol. The average Bonchev–Trinajstić information content (AvgIpc) is 2.93. The largest absolute Gasteiger partial charge is 0.494 e. The molecule has 3 rings (SSSR count). The Morgan fingerprint density at radius 1 is 0.579 bits per heavy atom. The molecule has 0 spiro atoms. The Morgan fingerprint density at radius 2 is 1.08 bits per heavy atom. The van der Waals surface area contributed by atoms with Crippen LogP contribution in [0.25, 0.3) is 0 Å². The van der Waals surface area contributed by atoms with Crippen LogP contribution in [0.2, 0.25) is 0 Å². The van der Waals surface area contributed by atoms with Crippen molar-refractivity contribution in [3.05, 3.63) is 90.0 Å². The number of hydrogen-bond donors (Lipinski definition) is 1. The lowest BCUT2D eigenvalue weighted by atomic mass is 10.1. The lowest BCUT2D eigenvalue weighted by Gasteiger charge is -2.12. The van der Waals surface area contributed by atoms with Gasteiger partial charge in [0.2, 0.25) is 0 Å². The number of para-hydroxylation sites is 1. The van der Waals surface area contributed by atoms with Crippen LogP contribution in [0.15, 0.2) is 78.9 Å². The number of rotatable bonds is 19. The Kier molecular flexibility index (Phi) is 15.5. The van der Waals surface area contributed by atoms with Crippen molar-refractivity contribution in [2.24, 2.45) is 0 Å². The molecule has 0 aliphatic heterocycles. The standard InChI is InChI=1S/C32H40O5.ClH/c33-32(34)30-25-29(21-22-31(30)37-26-27-17-11-9-12-18-27)36-24-16-8-6-4-2-1-3-5-7-15-23-35-28-19-13-10-14-20-28;/h9-14,17-22,25H,1-8,15-16,23-24,26H2,(H,33,34);1H. The van der Waals surface area contributed by atoms with Crippen molar-refractivity contribution in [1.82, 2.24) is 0 Å². The number of carboxylic acid groups (broad SMARTS) is 1. The van der Waals surface area contributed by atoms with Gasteiger partial charge in [-0.25, -0.2) is 4.79 Å². The molecule has 3 aromatic rings. The normalized spacial score (nSPS) is 10.4. The van der Waals surface area contributed by atoms with Crippen LogP contribution in [0.1, 0.15) is 80.1 Å². The van der Waals surface area contributed by atoms with Crippen LogP contribution < -0.4 is 14.2 Å². The fraction of sp³-hybridized carbons (Fsp3) is 0.406. The number of benzene rings is 3. The highest BCUT2D eigenvalue weighted by Gasteiger charge is 2.13. The Hall–Kier alpha value is -3.18. The van der Waals surface area contributed by atoms with Crippen LogP contribution in [-0.2, 0) is 6.61 Å². The lowest BCUT2D eigenvalue weighted by molar-refractivity contribution is 0.0691. The van der Waals surface area contributed by atoms with Crippen LogP contribution in [-0.4, -0.2) is 24.3 Å². The highest BCUT2D eigenvalue weighted by molar-refractivity contribution is 5.91. The fourth-order valence-corrected chi connectivity index (χ4v) is 4.14. The maximum absolute atomic E-state index is 11.7. The summed E-state index contributed by atoms with van der Waals surface area (Å²) in [5.74, 6) is 0.858. The molecule has 0 amide bonds. The molecule has 206 valence electrons. The molecular weight excluding hydrogens is 500 g/mol. The minimum Gasteiger partial charge on any atom is -0.494 e. The van der Waals surface area contributed by atoms with E-state index in [9.17, 15) is 9.90 Å². The van der Waals surface area contributed by atoms with Gasteiger partial charge in [-0.15, -0.1) is 12.4 Å². The number of carboxylic acids is 1. The fourth-order valence-electron chi connectivity index (χ4n) is 4.14. The van der Waals surface area contributed by atoms with Crippen LogP contribution in [0.4, 0.5) is 0 Å². The molecule has 0 unspecified atom stereocenters. The van der Waals surface area contributed by atoms with Gasteiger partial charge in [0.25, 0.3) is 0 Å². The van der Waals surface area contributed by atoms with E-state index in [0.29, 0.717) is 24.7 Å². The molecule has 0 fully saturated rings. The second-order valence-corrected chi connectivity index (χ2v) is 9.28. The Balaban J connectivity index is 0.00000507. The number of ether oxygens (including phenoxy) is 3. The molecule has 0 saturated carbocycles. The minimum absolute atomic E-state index is 0. The van der Waals surface area contributed by atoms with Crippen molar-refractivity contribution in [1.29, 1.82) is 0 Å². The van der Waals surface area contributed by atoms with Gasteiger partial charge in [-0.3, -0.25) is 0 Å². The Labute approximate surface area is 233 Å². The Bertz CT molecular complexity index is 1030. The van der Waals surface area contributed by atoms with Crippen molar-refractivity contribution in [3.8, 4) is 17.2 Å². The van der Waals surface area contributed by atoms with Crippen molar-refractivity contribution < 1.29 is 24.1 Å². The molecule has 6 heteroatoms. The number of unbranched alkanes of at least 4 members (excludes halogenated alkanes) is 9. The van der Waals surface area contributed by atoms with Gasteiger partial charge in [-0.05, 0) is 48.7 Å². The SMILES string of the molecule is Cl.O=C(O)c1cc(OCCCCCCCCCCCCOc2ccccc2)ccc1OCc1ccccc1. The quantitative estimate of drug-likeness (QED) is 0.154. The molecule has 0 radical (unpaired) electrons. The molecule has 0 aliphatic carbocycles. The lowest BCUT2D eigenvalue weighted by Crippen LogP contribution is -2.05. The predicted octanol–water partition coefficient (Wildman–Crippen LogP) is 8.74. The van der Waals surface area contributed by atoms with E-state index in [1.807, 2.05) is 60.7 Å². The smallest absolute Gasteiger partial charge is 0.339 e. The number of aromatic carboxylic acids is 1. The molecule has 0 bridgehead atoms. The maximum atomic E-state index is 11.7. The zero-order valence-corrected chi connectivity index (χ0v) is 23.0. The average molecular weight is 541 g/mol. The molecule has 38 heavy (non-hydrogen) atoms. The van der Waals surface area contributed by atoms with Crippen LogP contribution in [0, 0.1) is 0 Å². The first-order valence-corrected chi connectivity index (χ1v) is 13.6. The van der Waals surface area contributed by atoms with Crippen LogP contribution in [0.3, 0.4) is 0 Å². The highest BCUT2D eigenvalue weighted by Crippen LogP contribution is 2.25. The topological polar surface area (TPSA) is 65.0 Å². The number of hydrogen-bond acceptors (Lipinski definition) is 4. The van der Waals surface area contributed by atoms with Gasteiger partial charge in [-0.1, -0.05) is 99.9 Å². The Morgan fingerprint density at radius 3 is 1.63 bits per heavy atom. The minimum atomic E-state index is -1.02. The number of carbonyl (C=O) groups is 1. The van der Waals surface area contributed by atoms with Gasteiger partial charge in [0.15, 0.2) is 0 Å². The highest BCUT2D eigenvalue weighted by atomic mass is 35.5. The molecule has 0 heterocycles. The van der Waals surface area contributed by atoms with Crippen LogP contribution in [0.5, 0.6) is 17.2 Å². The molecule has 0 atom stereocenters. The summed E-state index contributed by atoms with van der Waals surface area (Å²) < 4.78 is 17.3. The molecule has 1 N–H and O–H groups in total. The first kappa shape index (κ1) is 31.0. The summed E-state index contributed by atoms with van der Waals surface area (Å²) in [5.41, 5.74) is 1.11. The van der Waals surface area contributed by atoms with Gasteiger partial charge in [-0.2, -0.15) is 0 Å². The first-order valence-electron chi connectivity index (χ1n) is 13.6. The van der Waals surface area contributed by atoms with Crippen molar-refractivity contribution >= 4 is 18.4 Å². The summed E-state index contributed by atoms with van der Waals surface area (Å²) in [6, 6.07) is 24.7. The zero-order valence-electron chi connectivity index (χ0n) is 22.2. The summed E-state index contributed by atoms with van der Waals surface area (Å²) in [4.78, 5) is 11.7. The van der Waals surface area contributed by atoms with E-state index >= 15 is 0 Å². The van der Waals surface area contributed by atoms with E-state index in [1.54, 1.807) is 18.2 Å². The molecular formula is C32H41ClO5. The molecule has 0 saturated heterocycles. The third kappa shape index (κ3) is 12.4. The van der Waals surface area contributed by atoms with E-state index in [2.05, 4.69) is 0 Å². The van der Waals surface area contributed by atoms with E-state index in [0.717, 1.165) is 37.2 Å². The van der Waals surface area contributed by atoms with Gasteiger partial charge >= 0.3 is 5.97 Å². The summed E-state index contributed by atoms with van der Waals surface area (Å²) >= 11 is 0. The molecule has 0 aliphatic rings. The summed E-state index contributed by atoms with van der Waals surface area (Å²) in [5, 5.41) is 9.57. The summed E-state index contributed by atoms with van der Waals surface area (Å²) in [6.07, 6.45) is 12.1. The van der Waals surface area contributed by atoms with Gasteiger partial charge in [0.1, 0.15) is 29.4 Å². The van der Waals surface area contributed by atoms with E-state index in [4.69, 9.17) is 14.2 Å². The molecule has 0 aromatic heterocycles. The van der Waals surface area contributed by atoms with Crippen LogP contribution >= 0.6 is 12.4 Å². The summed E-state index contributed by atoms with van der Waals surface area (Å²) in [7, 11) is 0. The molecule has 3 aromatic carbocycles. The first-order chi connectivity index (χ1) is 18.2. The van der Waals surface area contributed by atoms with E-state index < -0.39 is 5.97 Å². The summed E-state index contributed by atoms with van der Waals surface area (Å²) in [6.45, 7) is 1.72. The number of halogens is 1. The predicted molar refractivity (Wildman–Crippen MR) is 155 cm³/mol. The van der Waals surface area contributed by atoms with E-state index in [1.165, 1.54) is 44.9 Å². The second-order valence-electron chi connectivity index (χ2n) is 9.28. The third-order valence-corrected chi connectivity index (χ3v) is 6.24.